The van der Waals surface area contributed by atoms with E-state index in [2.05, 4.69) is 20.7 Å². The van der Waals surface area contributed by atoms with Crippen LogP contribution in [0.3, 0.4) is 0 Å². The van der Waals surface area contributed by atoms with Crippen molar-refractivity contribution in [1.82, 2.24) is 15.3 Å². The van der Waals surface area contributed by atoms with Gasteiger partial charge in [0.1, 0.15) is 15.7 Å². The fraction of sp³-hybridized carbons (Fsp3) is 0.400. The van der Waals surface area contributed by atoms with Gasteiger partial charge in [-0.3, -0.25) is 0 Å². The van der Waals surface area contributed by atoms with Crippen molar-refractivity contribution in [2.45, 2.75) is 18.9 Å². The second-order valence-corrected chi connectivity index (χ2v) is 5.34. The summed E-state index contributed by atoms with van der Waals surface area (Å²) in [4.78, 5) is 8.91. The minimum absolute atomic E-state index is 0.476. The number of hydrogen-bond donors (Lipinski definition) is 1. The van der Waals surface area contributed by atoms with Gasteiger partial charge in [-0.1, -0.05) is 0 Å². The monoisotopic (exact) mass is 237 g/mol. The highest BCUT2D eigenvalue weighted by Gasteiger charge is 2.19. The van der Waals surface area contributed by atoms with Crippen LogP contribution in [0.1, 0.15) is 23.9 Å². The van der Waals surface area contributed by atoms with Gasteiger partial charge in [0.2, 0.25) is 0 Å². The van der Waals surface area contributed by atoms with E-state index in [9.17, 15) is 0 Å². The first kappa shape index (κ1) is 9.45. The van der Waals surface area contributed by atoms with E-state index in [0.29, 0.717) is 6.04 Å². The summed E-state index contributed by atoms with van der Waals surface area (Å²) in [7, 11) is 0. The predicted octanol–water partition coefficient (Wildman–Crippen LogP) is 2.69. The molecule has 15 heavy (non-hydrogen) atoms. The maximum atomic E-state index is 4.64. The van der Waals surface area contributed by atoms with Crippen LogP contribution in [0.5, 0.6) is 0 Å². The Hall–Kier alpha value is -0.780. The smallest absolute Gasteiger partial charge is 0.142 e. The Morgan fingerprint density at radius 3 is 3.13 bits per heavy atom. The van der Waals surface area contributed by atoms with Gasteiger partial charge >= 0.3 is 0 Å². The van der Waals surface area contributed by atoms with Crippen LogP contribution in [-0.2, 0) is 0 Å². The first-order chi connectivity index (χ1) is 7.43. The molecule has 3 nitrogen and oxygen atoms in total. The number of hydrogen-bond acceptors (Lipinski definition) is 5. The maximum absolute atomic E-state index is 4.64. The lowest BCUT2D eigenvalue weighted by Crippen LogP contribution is -2.12. The first-order valence-electron chi connectivity index (χ1n) is 5.02. The van der Waals surface area contributed by atoms with Crippen molar-refractivity contribution < 1.29 is 0 Å². The molecule has 3 rings (SSSR count). The second kappa shape index (κ2) is 4.00. The van der Waals surface area contributed by atoms with Crippen LogP contribution >= 0.6 is 22.7 Å². The summed E-state index contributed by atoms with van der Waals surface area (Å²) < 4.78 is 0. The molecule has 1 aliphatic heterocycles. The normalized spacial score (nSPS) is 20.9. The molecule has 0 bridgehead atoms. The third-order valence-corrected chi connectivity index (χ3v) is 4.29. The van der Waals surface area contributed by atoms with Crippen LogP contribution in [-0.4, -0.2) is 16.5 Å². The topological polar surface area (TPSA) is 37.8 Å². The van der Waals surface area contributed by atoms with Crippen LogP contribution in [0.2, 0.25) is 0 Å². The summed E-state index contributed by atoms with van der Waals surface area (Å²) >= 11 is 3.38. The lowest BCUT2D eigenvalue weighted by molar-refractivity contribution is 0.643. The molecular weight excluding hydrogens is 226 g/mol. The SMILES string of the molecule is c1csc(-c2csc(C3CCCN3)n2)n1. The molecule has 0 aliphatic carbocycles. The van der Waals surface area contributed by atoms with E-state index < -0.39 is 0 Å². The summed E-state index contributed by atoms with van der Waals surface area (Å²) in [6.45, 7) is 1.12. The van der Waals surface area contributed by atoms with Crippen molar-refractivity contribution in [2.24, 2.45) is 0 Å². The molecule has 2 aromatic heterocycles. The molecule has 5 heteroatoms. The number of aromatic nitrogens is 2. The Labute approximate surface area is 96.2 Å². The highest BCUT2D eigenvalue weighted by atomic mass is 32.1. The standard InChI is InChI=1S/C10H11N3S2/c1-2-7(11-3-1)10-13-8(6-15-10)9-12-4-5-14-9/h4-7,11H,1-3H2. The fourth-order valence-electron chi connectivity index (χ4n) is 1.79. The number of rotatable bonds is 2. The average molecular weight is 237 g/mol. The van der Waals surface area contributed by atoms with Gasteiger partial charge in [-0.2, -0.15) is 0 Å². The van der Waals surface area contributed by atoms with Gasteiger partial charge in [-0.05, 0) is 19.4 Å². The first-order valence-corrected chi connectivity index (χ1v) is 6.78. The highest BCUT2D eigenvalue weighted by Crippen LogP contribution is 2.30. The average Bonchev–Trinajstić information content (AvgIpc) is 3.02. The molecule has 0 radical (unpaired) electrons. The molecule has 2 aromatic rings. The van der Waals surface area contributed by atoms with E-state index in [1.54, 1.807) is 22.7 Å². The molecule has 1 saturated heterocycles. The summed E-state index contributed by atoms with van der Waals surface area (Å²) in [6, 6.07) is 0.476. The molecule has 0 aromatic carbocycles. The van der Waals surface area contributed by atoms with Gasteiger partial charge in [0.15, 0.2) is 0 Å². The second-order valence-electron chi connectivity index (χ2n) is 3.56. The van der Waals surface area contributed by atoms with Gasteiger partial charge < -0.3 is 5.32 Å². The Bertz CT molecular complexity index is 429. The molecule has 1 N–H and O–H groups in total. The molecule has 0 saturated carbocycles. The van der Waals surface area contributed by atoms with Gasteiger partial charge in [0.25, 0.3) is 0 Å². The van der Waals surface area contributed by atoms with Gasteiger partial charge in [-0.15, -0.1) is 22.7 Å². The summed E-state index contributed by atoms with van der Waals surface area (Å²) in [6.07, 6.45) is 4.30. The molecule has 0 amide bonds. The zero-order valence-electron chi connectivity index (χ0n) is 8.14. The zero-order valence-corrected chi connectivity index (χ0v) is 9.77. The molecule has 0 spiro atoms. The number of thiazole rings is 2. The molecular formula is C10H11N3S2. The zero-order chi connectivity index (χ0) is 10.1. The molecule has 1 atom stereocenters. The third kappa shape index (κ3) is 1.82. The summed E-state index contributed by atoms with van der Waals surface area (Å²) in [5.74, 6) is 0. The molecule has 1 fully saturated rings. The maximum Gasteiger partial charge on any atom is 0.142 e. The van der Waals surface area contributed by atoms with E-state index in [-0.39, 0.29) is 0 Å². The molecule has 1 unspecified atom stereocenters. The third-order valence-electron chi connectivity index (χ3n) is 2.53. The van der Waals surface area contributed by atoms with Gasteiger partial charge in [0.05, 0.1) is 6.04 Å². The number of nitrogens with zero attached hydrogens (tertiary/aromatic N) is 2. The molecule has 78 valence electrons. The Balaban J connectivity index is 1.87. The van der Waals surface area contributed by atoms with Crippen molar-refractivity contribution in [3.8, 4) is 10.7 Å². The van der Waals surface area contributed by atoms with E-state index in [4.69, 9.17) is 0 Å². The van der Waals surface area contributed by atoms with Crippen molar-refractivity contribution in [3.63, 3.8) is 0 Å². The van der Waals surface area contributed by atoms with Crippen molar-refractivity contribution >= 4 is 22.7 Å². The number of nitrogens with one attached hydrogen (secondary N) is 1. The van der Waals surface area contributed by atoms with Crippen LogP contribution in [0, 0.1) is 0 Å². The summed E-state index contributed by atoms with van der Waals surface area (Å²) in [5.41, 5.74) is 1.03. The van der Waals surface area contributed by atoms with Crippen molar-refractivity contribution in [2.75, 3.05) is 6.54 Å². The van der Waals surface area contributed by atoms with Crippen LogP contribution in [0.4, 0.5) is 0 Å². The van der Waals surface area contributed by atoms with E-state index in [0.717, 1.165) is 17.2 Å². The highest BCUT2D eigenvalue weighted by molar-refractivity contribution is 7.14. The van der Waals surface area contributed by atoms with Gasteiger partial charge in [0, 0.05) is 17.0 Å². The lowest BCUT2D eigenvalue weighted by Gasteiger charge is -2.03. The fourth-order valence-corrected chi connectivity index (χ4v) is 3.38. The summed E-state index contributed by atoms with van der Waals surface area (Å²) in [5, 5.41) is 9.79. The Kier molecular flexibility index (Phi) is 2.52. The Morgan fingerprint density at radius 1 is 1.40 bits per heavy atom. The van der Waals surface area contributed by atoms with Gasteiger partial charge in [-0.25, -0.2) is 9.97 Å². The van der Waals surface area contributed by atoms with Crippen LogP contribution in [0.25, 0.3) is 10.7 Å². The lowest BCUT2D eigenvalue weighted by atomic mass is 10.2. The minimum atomic E-state index is 0.476. The quantitative estimate of drug-likeness (QED) is 0.872. The van der Waals surface area contributed by atoms with E-state index in [1.807, 2.05) is 11.6 Å². The Morgan fingerprint density at radius 2 is 2.40 bits per heavy atom. The van der Waals surface area contributed by atoms with E-state index >= 15 is 0 Å². The molecule has 3 heterocycles. The van der Waals surface area contributed by atoms with Crippen LogP contribution < -0.4 is 5.32 Å². The van der Waals surface area contributed by atoms with E-state index in [1.165, 1.54) is 17.8 Å². The molecule has 1 aliphatic rings. The van der Waals surface area contributed by atoms with Crippen LogP contribution in [0.15, 0.2) is 17.0 Å². The van der Waals surface area contributed by atoms with Crippen molar-refractivity contribution in [1.29, 1.82) is 0 Å². The largest absolute Gasteiger partial charge is 0.308 e. The van der Waals surface area contributed by atoms with Crippen molar-refractivity contribution in [3.05, 3.63) is 22.0 Å². The minimum Gasteiger partial charge on any atom is -0.308 e. The predicted molar refractivity (Wildman–Crippen MR) is 63.2 cm³/mol.